The maximum Gasteiger partial charge on any atom is 0.573 e. The first-order valence-electron chi connectivity index (χ1n) is 9.09. The number of aromatic nitrogens is 2. The molecule has 1 amide bonds. The summed E-state index contributed by atoms with van der Waals surface area (Å²) < 4.78 is 41.9. The third kappa shape index (κ3) is 4.99. The summed E-state index contributed by atoms with van der Waals surface area (Å²) >= 11 is 1.47. The summed E-state index contributed by atoms with van der Waals surface area (Å²) in [5.41, 5.74) is 1.39. The third-order valence-electron chi connectivity index (χ3n) is 4.72. The van der Waals surface area contributed by atoms with E-state index < -0.39 is 6.36 Å². The van der Waals surface area contributed by atoms with Crippen LogP contribution in [0, 0.1) is 13.8 Å². The highest BCUT2D eigenvalue weighted by Crippen LogP contribution is 2.25. The number of hydrogen-bond acceptors (Lipinski definition) is 5. The van der Waals surface area contributed by atoms with Crippen LogP contribution >= 0.6 is 11.3 Å². The molecular weight excluding hydrogens is 419 g/mol. The quantitative estimate of drug-likeness (QED) is 0.582. The van der Waals surface area contributed by atoms with Crippen molar-refractivity contribution >= 4 is 27.5 Å². The van der Waals surface area contributed by atoms with Crippen molar-refractivity contribution in [1.82, 2.24) is 14.5 Å². The standard InChI is InChI=1S/C20H20F3N3O3S/c1-12-13(2)30-18-17(12)19(28)26(11-24-18)9-8-16(27)25(3)10-14-4-6-15(7-5-14)29-20(21,22)23/h4-7,11H,8-10H2,1-3H3. The predicted molar refractivity (Wildman–Crippen MR) is 108 cm³/mol. The maximum atomic E-state index is 12.7. The predicted octanol–water partition coefficient (Wildman–Crippen LogP) is 4.02. The molecule has 0 radical (unpaired) electrons. The molecule has 0 aliphatic rings. The van der Waals surface area contributed by atoms with Gasteiger partial charge in [-0.05, 0) is 37.1 Å². The number of carbonyl (C=O) groups excluding carboxylic acids is 1. The highest BCUT2D eigenvalue weighted by molar-refractivity contribution is 7.18. The van der Waals surface area contributed by atoms with Crippen molar-refractivity contribution in [3.63, 3.8) is 0 Å². The van der Waals surface area contributed by atoms with Crippen molar-refractivity contribution in [1.29, 1.82) is 0 Å². The number of thiophene rings is 1. The summed E-state index contributed by atoms with van der Waals surface area (Å²) in [5.74, 6) is -0.516. The van der Waals surface area contributed by atoms with E-state index in [1.54, 1.807) is 7.05 Å². The minimum atomic E-state index is -4.75. The highest BCUT2D eigenvalue weighted by atomic mass is 32.1. The van der Waals surface area contributed by atoms with Crippen molar-refractivity contribution in [3.8, 4) is 5.75 Å². The number of amides is 1. The molecule has 0 fully saturated rings. The zero-order valence-corrected chi connectivity index (χ0v) is 17.4. The number of hydrogen-bond donors (Lipinski definition) is 0. The SMILES string of the molecule is Cc1sc2ncn(CCC(=O)N(C)Cc3ccc(OC(F)(F)F)cc3)c(=O)c2c1C. The molecule has 0 N–H and O–H groups in total. The van der Waals surface area contributed by atoms with Crippen molar-refractivity contribution in [3.05, 3.63) is 57.0 Å². The molecule has 30 heavy (non-hydrogen) atoms. The lowest BCUT2D eigenvalue weighted by Gasteiger charge is -2.18. The Hall–Kier alpha value is -2.88. The van der Waals surface area contributed by atoms with Crippen LogP contribution in [0.4, 0.5) is 13.2 Å². The van der Waals surface area contributed by atoms with Gasteiger partial charge in [-0.15, -0.1) is 24.5 Å². The zero-order chi connectivity index (χ0) is 22.1. The van der Waals surface area contributed by atoms with Crippen LogP contribution in [-0.4, -0.2) is 33.8 Å². The molecule has 10 heteroatoms. The smallest absolute Gasteiger partial charge is 0.406 e. The molecule has 0 aliphatic carbocycles. The van der Waals surface area contributed by atoms with Crippen LogP contribution in [0.5, 0.6) is 5.75 Å². The lowest BCUT2D eigenvalue weighted by atomic mass is 10.2. The first kappa shape index (κ1) is 21.8. The van der Waals surface area contributed by atoms with Gasteiger partial charge in [-0.2, -0.15) is 0 Å². The van der Waals surface area contributed by atoms with Crippen LogP contribution in [0.15, 0.2) is 35.4 Å². The van der Waals surface area contributed by atoms with Crippen LogP contribution in [-0.2, 0) is 17.9 Å². The molecular formula is C20H20F3N3O3S. The Morgan fingerprint density at radius 1 is 1.23 bits per heavy atom. The molecule has 0 saturated carbocycles. The van der Waals surface area contributed by atoms with Gasteiger partial charge in [0.05, 0.1) is 11.7 Å². The van der Waals surface area contributed by atoms with Gasteiger partial charge in [-0.1, -0.05) is 12.1 Å². The van der Waals surface area contributed by atoms with Gasteiger partial charge in [0.25, 0.3) is 5.56 Å². The van der Waals surface area contributed by atoms with E-state index in [1.165, 1.54) is 51.4 Å². The summed E-state index contributed by atoms with van der Waals surface area (Å²) in [4.78, 5) is 32.6. The Morgan fingerprint density at radius 2 is 1.90 bits per heavy atom. The molecule has 0 spiro atoms. The van der Waals surface area contributed by atoms with Crippen molar-refractivity contribution in [2.24, 2.45) is 0 Å². The molecule has 160 valence electrons. The Morgan fingerprint density at radius 3 is 2.53 bits per heavy atom. The Kier molecular flexibility index (Phi) is 6.16. The van der Waals surface area contributed by atoms with Gasteiger partial charge in [-0.3, -0.25) is 14.2 Å². The first-order valence-corrected chi connectivity index (χ1v) is 9.90. The summed E-state index contributed by atoms with van der Waals surface area (Å²) in [6.45, 7) is 4.23. The fraction of sp³-hybridized carbons (Fsp3) is 0.350. The molecule has 0 aliphatic heterocycles. The number of carbonyl (C=O) groups is 1. The molecule has 0 bridgehead atoms. The molecule has 0 atom stereocenters. The normalized spacial score (nSPS) is 11.7. The average molecular weight is 439 g/mol. The van der Waals surface area contributed by atoms with E-state index in [0.717, 1.165) is 10.4 Å². The van der Waals surface area contributed by atoms with E-state index >= 15 is 0 Å². The summed E-state index contributed by atoms with van der Waals surface area (Å²) in [7, 11) is 1.60. The zero-order valence-electron chi connectivity index (χ0n) is 16.6. The number of nitrogens with zero attached hydrogens (tertiary/aromatic N) is 3. The number of alkyl halides is 3. The fourth-order valence-electron chi connectivity index (χ4n) is 2.99. The van der Waals surface area contributed by atoms with Gasteiger partial charge in [0.15, 0.2) is 0 Å². The molecule has 1 aromatic carbocycles. The van der Waals surface area contributed by atoms with Crippen molar-refractivity contribution < 1.29 is 22.7 Å². The van der Waals surface area contributed by atoms with E-state index in [1.807, 2.05) is 13.8 Å². The second kappa shape index (κ2) is 8.47. The van der Waals surface area contributed by atoms with Crippen molar-refractivity contribution in [2.45, 2.75) is 39.7 Å². The summed E-state index contributed by atoms with van der Waals surface area (Å²) in [5, 5.41) is 0.585. The minimum absolute atomic E-state index is 0.0982. The largest absolute Gasteiger partial charge is 0.573 e. The van der Waals surface area contributed by atoms with Crippen molar-refractivity contribution in [2.75, 3.05) is 7.05 Å². The maximum absolute atomic E-state index is 12.7. The number of aryl methyl sites for hydroxylation is 3. The lowest BCUT2D eigenvalue weighted by Crippen LogP contribution is -2.29. The second-order valence-electron chi connectivity index (χ2n) is 6.90. The summed E-state index contributed by atoms with van der Waals surface area (Å²) in [6, 6.07) is 5.34. The number of benzene rings is 1. The molecule has 2 aromatic heterocycles. The molecule has 3 rings (SSSR count). The number of rotatable bonds is 6. The van der Waals surface area contributed by atoms with Gasteiger partial charge >= 0.3 is 6.36 Å². The van der Waals surface area contributed by atoms with E-state index in [-0.39, 0.29) is 36.7 Å². The van der Waals surface area contributed by atoms with Gasteiger partial charge in [-0.25, -0.2) is 4.98 Å². The number of fused-ring (bicyclic) bond motifs is 1. The molecule has 2 heterocycles. The molecule has 3 aromatic rings. The van der Waals surface area contributed by atoms with E-state index in [9.17, 15) is 22.8 Å². The van der Waals surface area contributed by atoms with Crippen LogP contribution in [0.3, 0.4) is 0 Å². The van der Waals surface area contributed by atoms with Crippen LogP contribution in [0.25, 0.3) is 10.2 Å². The van der Waals surface area contributed by atoms with Gasteiger partial charge in [0.2, 0.25) is 5.91 Å². The number of halogens is 3. The molecule has 0 unspecified atom stereocenters. The average Bonchev–Trinajstić information content (AvgIpc) is 2.96. The second-order valence-corrected chi connectivity index (χ2v) is 8.10. The summed E-state index contributed by atoms with van der Waals surface area (Å²) in [6.07, 6.45) is -3.20. The van der Waals surface area contributed by atoms with Gasteiger partial charge in [0.1, 0.15) is 10.6 Å². The lowest BCUT2D eigenvalue weighted by molar-refractivity contribution is -0.274. The highest BCUT2D eigenvalue weighted by Gasteiger charge is 2.31. The van der Waals surface area contributed by atoms with E-state index in [0.29, 0.717) is 15.8 Å². The topological polar surface area (TPSA) is 64.4 Å². The van der Waals surface area contributed by atoms with Crippen LogP contribution in [0.1, 0.15) is 22.4 Å². The van der Waals surface area contributed by atoms with Crippen LogP contribution < -0.4 is 10.3 Å². The Bertz CT molecular complexity index is 1120. The number of ether oxygens (including phenoxy) is 1. The third-order valence-corrected chi connectivity index (χ3v) is 5.84. The van der Waals surface area contributed by atoms with Gasteiger partial charge < -0.3 is 9.64 Å². The first-order chi connectivity index (χ1) is 14.0. The fourth-order valence-corrected chi connectivity index (χ4v) is 3.98. The van der Waals surface area contributed by atoms with Crippen LogP contribution in [0.2, 0.25) is 0 Å². The molecule has 6 nitrogen and oxygen atoms in total. The van der Waals surface area contributed by atoms with Gasteiger partial charge in [0, 0.05) is 31.4 Å². The van der Waals surface area contributed by atoms with E-state index in [4.69, 9.17) is 0 Å². The van der Waals surface area contributed by atoms with E-state index in [2.05, 4.69) is 9.72 Å². The Balaban J connectivity index is 1.61. The monoisotopic (exact) mass is 439 g/mol. The molecule has 0 saturated heterocycles. The Labute approximate surface area is 174 Å². The minimum Gasteiger partial charge on any atom is -0.406 e.